The standard InChI is InChI=1S/C17H16/c1-3-15-9-5-4-8-14(2)12-13-16-10-6-7-11-17(15)16/h3-13H,2H2,1H3/b8-4?,9-5?,13-12?,15-3+. The minimum Gasteiger partial charge on any atom is -0.0918 e. The maximum absolute atomic E-state index is 3.98. The summed E-state index contributed by atoms with van der Waals surface area (Å²) >= 11 is 0. The quantitative estimate of drug-likeness (QED) is 0.639. The Balaban J connectivity index is 3.02. The SMILES string of the molecule is C=c1cccc/c(=C\C)c2ccccc2cc1. The first-order chi connectivity index (χ1) is 8.31. The molecule has 0 heteroatoms. The lowest BCUT2D eigenvalue weighted by molar-refractivity contribution is 1.64. The Kier molecular flexibility index (Phi) is 3.56. The summed E-state index contributed by atoms with van der Waals surface area (Å²) < 4.78 is 0. The van der Waals surface area contributed by atoms with Crippen molar-refractivity contribution in [3.63, 3.8) is 0 Å². The van der Waals surface area contributed by atoms with Gasteiger partial charge in [-0.1, -0.05) is 73.3 Å². The van der Waals surface area contributed by atoms with Crippen LogP contribution in [-0.4, -0.2) is 0 Å². The van der Waals surface area contributed by atoms with Crippen molar-refractivity contribution in [3.05, 3.63) is 71.1 Å². The zero-order chi connectivity index (χ0) is 12.1. The molecule has 0 nitrogen and oxygen atoms in total. The van der Waals surface area contributed by atoms with E-state index in [-0.39, 0.29) is 0 Å². The van der Waals surface area contributed by atoms with Crippen LogP contribution < -0.4 is 10.4 Å². The van der Waals surface area contributed by atoms with Gasteiger partial charge in [-0.25, -0.2) is 0 Å². The molecule has 2 aromatic rings. The number of rotatable bonds is 0. The van der Waals surface area contributed by atoms with E-state index in [9.17, 15) is 0 Å². The normalized spacial score (nSPS) is 11.2. The molecule has 0 bridgehead atoms. The van der Waals surface area contributed by atoms with Crippen molar-refractivity contribution in [1.82, 2.24) is 0 Å². The van der Waals surface area contributed by atoms with Gasteiger partial charge < -0.3 is 0 Å². The number of hydrogen-bond donors (Lipinski definition) is 0. The molecule has 0 aromatic heterocycles. The van der Waals surface area contributed by atoms with Gasteiger partial charge in [-0.2, -0.15) is 0 Å². The number of hydrogen-bond acceptors (Lipinski definition) is 0. The van der Waals surface area contributed by atoms with E-state index < -0.39 is 0 Å². The molecule has 2 rings (SSSR count). The molecule has 0 saturated carbocycles. The smallest absolute Gasteiger partial charge is 0.0115 e. The fourth-order valence-electron chi connectivity index (χ4n) is 1.84. The summed E-state index contributed by atoms with van der Waals surface area (Å²) in [5.74, 6) is 0. The first kappa shape index (κ1) is 11.4. The van der Waals surface area contributed by atoms with Gasteiger partial charge in [0.2, 0.25) is 0 Å². The minimum atomic E-state index is 1.01. The average molecular weight is 220 g/mol. The third-order valence-corrected chi connectivity index (χ3v) is 2.76. The van der Waals surface area contributed by atoms with Crippen LogP contribution in [0.2, 0.25) is 0 Å². The zero-order valence-electron chi connectivity index (χ0n) is 10.1. The Bertz CT molecular complexity index is 680. The Hall–Kier alpha value is -2.08. The lowest BCUT2D eigenvalue weighted by atomic mass is 10.1. The molecular weight excluding hydrogens is 204 g/mol. The van der Waals surface area contributed by atoms with Gasteiger partial charge in [0.05, 0.1) is 0 Å². The second-order valence-corrected chi connectivity index (χ2v) is 3.96. The lowest BCUT2D eigenvalue weighted by Gasteiger charge is -1.93. The first-order valence-corrected chi connectivity index (χ1v) is 5.78. The van der Waals surface area contributed by atoms with Crippen LogP contribution in [0.4, 0.5) is 0 Å². The van der Waals surface area contributed by atoms with Crippen LogP contribution in [0.1, 0.15) is 6.92 Å². The molecule has 0 aliphatic carbocycles. The van der Waals surface area contributed by atoms with Crippen molar-refractivity contribution < 1.29 is 0 Å². The first-order valence-electron chi connectivity index (χ1n) is 5.78. The lowest BCUT2D eigenvalue weighted by Crippen LogP contribution is -1.98. The highest BCUT2D eigenvalue weighted by molar-refractivity contribution is 5.82. The fraction of sp³-hybridized carbons (Fsp3) is 0.0588. The minimum absolute atomic E-state index is 1.01. The molecule has 2 aromatic carbocycles. The second kappa shape index (κ2) is 5.31. The number of benzene rings is 1. The molecule has 0 saturated heterocycles. The van der Waals surface area contributed by atoms with E-state index >= 15 is 0 Å². The summed E-state index contributed by atoms with van der Waals surface area (Å²) in [5.41, 5.74) is 0. The molecule has 0 aliphatic rings. The number of fused-ring (bicyclic) bond motifs is 1. The van der Waals surface area contributed by atoms with Gasteiger partial charge in [0, 0.05) is 0 Å². The predicted molar refractivity (Wildman–Crippen MR) is 76.5 cm³/mol. The maximum Gasteiger partial charge on any atom is -0.0115 e. The molecule has 0 atom stereocenters. The van der Waals surface area contributed by atoms with E-state index in [0.29, 0.717) is 0 Å². The van der Waals surface area contributed by atoms with Crippen LogP contribution in [0.5, 0.6) is 0 Å². The van der Waals surface area contributed by atoms with Crippen molar-refractivity contribution in [2.45, 2.75) is 6.92 Å². The molecule has 17 heavy (non-hydrogen) atoms. The van der Waals surface area contributed by atoms with Gasteiger partial charge in [0.1, 0.15) is 0 Å². The van der Waals surface area contributed by atoms with Gasteiger partial charge in [0.25, 0.3) is 0 Å². The Morgan fingerprint density at radius 3 is 2.35 bits per heavy atom. The highest BCUT2D eigenvalue weighted by Crippen LogP contribution is 2.05. The Morgan fingerprint density at radius 1 is 0.824 bits per heavy atom. The molecular formula is C17H16. The highest BCUT2D eigenvalue weighted by Gasteiger charge is 1.87. The van der Waals surface area contributed by atoms with Gasteiger partial charge in [0.15, 0.2) is 0 Å². The van der Waals surface area contributed by atoms with Crippen LogP contribution >= 0.6 is 0 Å². The molecule has 0 heterocycles. The monoisotopic (exact) mass is 220 g/mol. The molecule has 0 N–H and O–H groups in total. The van der Waals surface area contributed by atoms with Gasteiger partial charge in [-0.3, -0.25) is 0 Å². The topological polar surface area (TPSA) is 0 Å². The van der Waals surface area contributed by atoms with Crippen molar-refractivity contribution in [1.29, 1.82) is 0 Å². The van der Waals surface area contributed by atoms with E-state index in [1.54, 1.807) is 0 Å². The maximum atomic E-state index is 3.98. The summed E-state index contributed by atoms with van der Waals surface area (Å²) in [4.78, 5) is 0. The van der Waals surface area contributed by atoms with E-state index in [4.69, 9.17) is 0 Å². The second-order valence-electron chi connectivity index (χ2n) is 3.96. The predicted octanol–water partition coefficient (Wildman–Crippen LogP) is 3.17. The van der Waals surface area contributed by atoms with E-state index in [1.807, 2.05) is 18.2 Å². The molecule has 84 valence electrons. The Labute approximate surface area is 102 Å². The third kappa shape index (κ3) is 2.73. The average Bonchev–Trinajstić information content (AvgIpc) is 2.37. The molecule has 0 fully saturated rings. The van der Waals surface area contributed by atoms with Crippen molar-refractivity contribution in [2.75, 3.05) is 0 Å². The van der Waals surface area contributed by atoms with Crippen LogP contribution in [0.3, 0.4) is 0 Å². The van der Waals surface area contributed by atoms with Crippen molar-refractivity contribution in [3.8, 4) is 0 Å². The van der Waals surface area contributed by atoms with E-state index in [2.05, 4.69) is 62.0 Å². The van der Waals surface area contributed by atoms with Crippen molar-refractivity contribution in [2.24, 2.45) is 0 Å². The summed E-state index contributed by atoms with van der Waals surface area (Å²) in [7, 11) is 0. The zero-order valence-corrected chi connectivity index (χ0v) is 10.1. The highest BCUT2D eigenvalue weighted by atomic mass is 13.9. The summed E-state index contributed by atoms with van der Waals surface area (Å²) in [6, 6.07) is 20.8. The molecule has 0 spiro atoms. The fourth-order valence-corrected chi connectivity index (χ4v) is 1.84. The van der Waals surface area contributed by atoms with Crippen LogP contribution in [-0.2, 0) is 0 Å². The van der Waals surface area contributed by atoms with Crippen LogP contribution in [0.15, 0.2) is 60.7 Å². The van der Waals surface area contributed by atoms with Gasteiger partial charge >= 0.3 is 0 Å². The van der Waals surface area contributed by atoms with Gasteiger partial charge in [-0.05, 0) is 28.1 Å². The van der Waals surface area contributed by atoms with E-state index in [1.165, 1.54) is 16.0 Å². The van der Waals surface area contributed by atoms with Gasteiger partial charge in [-0.15, -0.1) is 0 Å². The molecule has 0 radical (unpaired) electrons. The molecule has 0 aliphatic heterocycles. The van der Waals surface area contributed by atoms with Crippen molar-refractivity contribution >= 4 is 23.4 Å². The largest absolute Gasteiger partial charge is 0.0918 e. The van der Waals surface area contributed by atoms with Crippen LogP contribution in [0.25, 0.3) is 23.4 Å². The summed E-state index contributed by atoms with van der Waals surface area (Å²) in [5, 5.41) is 4.73. The third-order valence-electron chi connectivity index (χ3n) is 2.76. The molecule has 0 amide bonds. The summed E-state index contributed by atoms with van der Waals surface area (Å²) in [6.07, 6.45) is 2.13. The Morgan fingerprint density at radius 2 is 1.53 bits per heavy atom. The van der Waals surface area contributed by atoms with Crippen LogP contribution in [0, 0.1) is 0 Å². The summed E-state index contributed by atoms with van der Waals surface area (Å²) in [6.45, 7) is 6.04. The van der Waals surface area contributed by atoms with E-state index in [0.717, 1.165) is 5.22 Å². The molecule has 0 unspecified atom stereocenters.